The average molecular weight is 233 g/mol. The fourth-order valence-electron chi connectivity index (χ4n) is 1.48. The topological polar surface area (TPSA) is 49.1 Å². The van der Waals surface area contributed by atoms with E-state index in [1.165, 1.54) is 4.68 Å². The quantitative estimate of drug-likeness (QED) is 0.732. The summed E-state index contributed by atoms with van der Waals surface area (Å²) in [6, 6.07) is 0.488. The Bertz CT molecular complexity index is 591. The summed E-state index contributed by atoms with van der Waals surface area (Å²) in [4.78, 5) is 11.9. The molecule has 0 radical (unpaired) electrons. The van der Waals surface area contributed by atoms with Gasteiger partial charge < -0.3 is 4.74 Å². The highest BCUT2D eigenvalue weighted by Gasteiger charge is 2.30. The van der Waals surface area contributed by atoms with Gasteiger partial charge in [0.15, 0.2) is 0 Å². The lowest BCUT2D eigenvalue weighted by molar-refractivity contribution is 0.433. The van der Waals surface area contributed by atoms with Gasteiger partial charge >= 0.3 is 11.7 Å². The number of aryl methyl sites for hydroxylation is 1. The van der Waals surface area contributed by atoms with Crippen molar-refractivity contribution in [2.75, 3.05) is 0 Å². The molecule has 1 saturated carbocycles. The van der Waals surface area contributed by atoms with Crippen LogP contribution in [-0.4, -0.2) is 14.3 Å². The Morgan fingerprint density at radius 1 is 1.53 bits per heavy atom. The van der Waals surface area contributed by atoms with Gasteiger partial charge in [0.1, 0.15) is 6.11 Å². The molecule has 0 bridgehead atoms. The first-order valence-electron chi connectivity index (χ1n) is 5.55. The van der Waals surface area contributed by atoms with E-state index >= 15 is 0 Å². The van der Waals surface area contributed by atoms with Crippen molar-refractivity contribution in [3.8, 4) is 29.9 Å². The van der Waals surface area contributed by atoms with Crippen molar-refractivity contribution in [1.29, 1.82) is 0 Å². The van der Waals surface area contributed by atoms with E-state index in [0.29, 0.717) is 6.54 Å². The average Bonchev–Trinajstić information content (AvgIpc) is 3.10. The zero-order valence-corrected chi connectivity index (χ0v) is 9.86. The van der Waals surface area contributed by atoms with E-state index in [1.807, 2.05) is 6.92 Å². The minimum Gasteiger partial charge on any atom is -0.369 e. The molecule has 0 N–H and O–H groups in total. The molecule has 1 fully saturated rings. The van der Waals surface area contributed by atoms with Crippen LogP contribution in [0.5, 0.6) is 6.01 Å². The van der Waals surface area contributed by atoms with Crippen LogP contribution in [-0.2, 0) is 6.54 Å². The molecular weight excluding hydrogens is 218 g/mol. The SMILES string of the molecule is CC#CC#COc1nn(CC)c(=O)n1C1CC1.[HH]. The molecule has 1 aliphatic rings. The van der Waals surface area contributed by atoms with E-state index in [-0.39, 0.29) is 19.2 Å². The second-order valence-corrected chi connectivity index (χ2v) is 3.69. The van der Waals surface area contributed by atoms with Crippen LogP contribution in [0.1, 0.15) is 34.2 Å². The summed E-state index contributed by atoms with van der Waals surface area (Å²) in [5, 5.41) is 4.08. The van der Waals surface area contributed by atoms with E-state index in [0.717, 1.165) is 12.8 Å². The summed E-state index contributed by atoms with van der Waals surface area (Å²) < 4.78 is 8.11. The van der Waals surface area contributed by atoms with E-state index < -0.39 is 0 Å². The van der Waals surface area contributed by atoms with Crippen LogP contribution in [0.4, 0.5) is 0 Å². The normalized spacial score (nSPS) is 13.3. The lowest BCUT2D eigenvalue weighted by atomic mass is 10.6. The van der Waals surface area contributed by atoms with Crippen LogP contribution >= 0.6 is 0 Å². The number of hydrogen-bond donors (Lipinski definition) is 0. The molecule has 1 aliphatic carbocycles. The lowest BCUT2D eigenvalue weighted by Crippen LogP contribution is -2.23. The summed E-state index contributed by atoms with van der Waals surface area (Å²) in [7, 11) is 0. The fourth-order valence-corrected chi connectivity index (χ4v) is 1.48. The van der Waals surface area contributed by atoms with Crippen LogP contribution in [0.2, 0.25) is 0 Å². The summed E-state index contributed by atoms with van der Waals surface area (Å²) in [6.07, 6.45) is 4.42. The van der Waals surface area contributed by atoms with Crippen molar-refractivity contribution in [1.82, 2.24) is 14.3 Å². The Labute approximate surface area is 101 Å². The summed E-state index contributed by atoms with van der Waals surface area (Å²) >= 11 is 0. The van der Waals surface area contributed by atoms with Gasteiger partial charge in [0, 0.05) is 19.9 Å². The van der Waals surface area contributed by atoms with Crippen molar-refractivity contribution >= 4 is 0 Å². The largest absolute Gasteiger partial charge is 0.369 e. The molecule has 0 amide bonds. The molecule has 0 spiro atoms. The minimum absolute atomic E-state index is 0. The molecule has 1 aromatic heterocycles. The van der Waals surface area contributed by atoms with Crippen molar-refractivity contribution in [2.45, 2.75) is 39.3 Å². The van der Waals surface area contributed by atoms with Crippen LogP contribution in [0.25, 0.3) is 0 Å². The number of nitrogens with zero attached hydrogens (tertiary/aromatic N) is 3. The van der Waals surface area contributed by atoms with Gasteiger partial charge in [0.2, 0.25) is 0 Å². The number of ether oxygens (including phenoxy) is 1. The van der Waals surface area contributed by atoms with E-state index in [9.17, 15) is 4.79 Å². The maximum atomic E-state index is 11.9. The molecule has 17 heavy (non-hydrogen) atoms. The van der Waals surface area contributed by atoms with Crippen LogP contribution in [0.3, 0.4) is 0 Å². The van der Waals surface area contributed by atoms with Gasteiger partial charge in [-0.3, -0.25) is 0 Å². The van der Waals surface area contributed by atoms with Gasteiger partial charge in [-0.1, -0.05) is 5.92 Å². The van der Waals surface area contributed by atoms with Crippen LogP contribution in [0, 0.1) is 23.9 Å². The van der Waals surface area contributed by atoms with Crippen molar-refractivity contribution in [3.05, 3.63) is 10.5 Å². The molecule has 0 aromatic carbocycles. The van der Waals surface area contributed by atoms with E-state index in [2.05, 4.69) is 29.0 Å². The third kappa shape index (κ3) is 2.34. The molecule has 0 atom stereocenters. The number of rotatable bonds is 3. The summed E-state index contributed by atoms with van der Waals surface area (Å²) in [6.45, 7) is 4.08. The molecule has 0 unspecified atom stereocenters. The van der Waals surface area contributed by atoms with Crippen molar-refractivity contribution in [3.63, 3.8) is 0 Å². The van der Waals surface area contributed by atoms with Crippen molar-refractivity contribution in [2.24, 2.45) is 0 Å². The van der Waals surface area contributed by atoms with Crippen molar-refractivity contribution < 1.29 is 6.16 Å². The lowest BCUT2D eigenvalue weighted by Gasteiger charge is -1.97. The Kier molecular flexibility index (Phi) is 3.20. The second-order valence-electron chi connectivity index (χ2n) is 3.69. The predicted molar refractivity (Wildman–Crippen MR) is 64.4 cm³/mol. The van der Waals surface area contributed by atoms with Crippen LogP contribution in [0.15, 0.2) is 4.79 Å². The predicted octanol–water partition coefficient (Wildman–Crippen LogP) is 1.01. The molecule has 5 nitrogen and oxygen atoms in total. The molecular formula is C12H15N3O2. The molecule has 1 aromatic rings. The fraction of sp³-hybridized carbons (Fsp3) is 0.500. The number of aromatic nitrogens is 3. The first kappa shape index (κ1) is 11.3. The number of hydrogen-bond acceptors (Lipinski definition) is 3. The molecule has 0 saturated heterocycles. The van der Waals surface area contributed by atoms with Gasteiger partial charge in [-0.25, -0.2) is 14.0 Å². The third-order valence-electron chi connectivity index (χ3n) is 2.43. The molecule has 0 aliphatic heterocycles. The Hall–Kier alpha value is -2.14. The Morgan fingerprint density at radius 2 is 2.29 bits per heavy atom. The standard InChI is InChI=1S/C12H13N3O2.H2/c1-3-5-6-9-17-11-13-14(4-2)12(16)15(11)10-7-8-10;/h10H,4,7-8H2,1-2H3;1H. The zero-order valence-electron chi connectivity index (χ0n) is 9.86. The monoisotopic (exact) mass is 233 g/mol. The smallest absolute Gasteiger partial charge is 0.348 e. The van der Waals surface area contributed by atoms with Gasteiger partial charge in [0.05, 0.1) is 0 Å². The zero-order chi connectivity index (χ0) is 12.3. The summed E-state index contributed by atoms with van der Waals surface area (Å²) in [5.41, 5.74) is -0.131. The van der Waals surface area contributed by atoms with Crippen LogP contribution < -0.4 is 10.4 Å². The van der Waals surface area contributed by atoms with E-state index in [1.54, 1.807) is 11.5 Å². The molecule has 1 heterocycles. The first-order chi connectivity index (χ1) is 8.27. The summed E-state index contributed by atoms with van der Waals surface area (Å²) in [5.74, 6) is 7.71. The highest BCUT2D eigenvalue weighted by atomic mass is 16.5. The molecule has 2 rings (SSSR count). The molecule has 90 valence electrons. The Morgan fingerprint density at radius 3 is 2.88 bits per heavy atom. The second kappa shape index (κ2) is 4.80. The maximum Gasteiger partial charge on any atom is 0.348 e. The maximum absolute atomic E-state index is 11.9. The van der Waals surface area contributed by atoms with Gasteiger partial charge in [-0.05, 0) is 32.6 Å². The first-order valence-corrected chi connectivity index (χ1v) is 5.55. The van der Waals surface area contributed by atoms with Gasteiger partial charge in [-0.2, -0.15) is 0 Å². The highest BCUT2D eigenvalue weighted by Crippen LogP contribution is 2.35. The van der Waals surface area contributed by atoms with Gasteiger partial charge in [0.25, 0.3) is 0 Å². The van der Waals surface area contributed by atoms with Gasteiger partial charge in [-0.15, -0.1) is 5.10 Å². The Balaban J connectivity index is 0.00000162. The molecule has 5 heteroatoms. The highest BCUT2D eigenvalue weighted by molar-refractivity contribution is 5.23. The van der Waals surface area contributed by atoms with E-state index in [4.69, 9.17) is 4.74 Å². The minimum atomic E-state index is -0.131. The third-order valence-corrected chi connectivity index (χ3v) is 2.43.